The Kier molecular flexibility index (Phi) is 6.20. The van der Waals surface area contributed by atoms with E-state index >= 15 is 0 Å². The van der Waals surface area contributed by atoms with E-state index < -0.39 is 0 Å². The van der Waals surface area contributed by atoms with Gasteiger partial charge in [-0.1, -0.05) is 30.3 Å². The number of hydrogen-bond acceptors (Lipinski definition) is 5. The van der Waals surface area contributed by atoms with Crippen LogP contribution in [0, 0.1) is 5.92 Å². The highest BCUT2D eigenvalue weighted by atomic mass is 32.1. The van der Waals surface area contributed by atoms with Crippen LogP contribution in [-0.2, 0) is 0 Å². The second-order valence-corrected chi connectivity index (χ2v) is 10.9. The van der Waals surface area contributed by atoms with Gasteiger partial charge in [-0.3, -0.25) is 9.69 Å². The lowest BCUT2D eigenvalue weighted by molar-refractivity contribution is 0.0987. The fourth-order valence-corrected chi connectivity index (χ4v) is 6.90. The Morgan fingerprint density at radius 2 is 1.71 bits per heavy atom. The fourth-order valence-electron chi connectivity index (χ4n) is 6.10. The standard InChI is InChI=1S/C28H33N5OS/c29-27(34)25-19-21-5-1-3-7-24(21)33(25)22-11-9-20(10-12-22)13-14-31-15-17-32(18-16-31)28-23-6-2-4-8-26(23)35-30-28/h1-8,19-20,22H,9-18H2,(H2,29,34). The van der Waals surface area contributed by atoms with Crippen molar-refractivity contribution in [3.05, 3.63) is 60.3 Å². The van der Waals surface area contributed by atoms with E-state index in [1.807, 2.05) is 18.2 Å². The lowest BCUT2D eigenvalue weighted by atomic mass is 9.83. The molecule has 7 heteroatoms. The van der Waals surface area contributed by atoms with E-state index in [1.54, 1.807) is 11.5 Å². The molecule has 0 bridgehead atoms. The molecule has 3 heterocycles. The molecule has 1 aliphatic heterocycles. The highest BCUT2D eigenvalue weighted by molar-refractivity contribution is 7.13. The number of hydrogen-bond donors (Lipinski definition) is 1. The maximum atomic E-state index is 12.1. The number of carbonyl (C=O) groups is 1. The van der Waals surface area contributed by atoms with E-state index in [-0.39, 0.29) is 5.91 Å². The van der Waals surface area contributed by atoms with Gasteiger partial charge in [0.25, 0.3) is 5.91 Å². The van der Waals surface area contributed by atoms with Gasteiger partial charge in [0, 0.05) is 48.5 Å². The lowest BCUT2D eigenvalue weighted by Crippen LogP contribution is -2.47. The molecule has 1 aliphatic carbocycles. The minimum Gasteiger partial charge on any atom is -0.364 e. The summed E-state index contributed by atoms with van der Waals surface area (Å²) in [5, 5.41) is 2.39. The summed E-state index contributed by atoms with van der Waals surface area (Å²) in [6, 6.07) is 19.1. The van der Waals surface area contributed by atoms with E-state index in [0.29, 0.717) is 11.7 Å². The number of para-hydroxylation sites is 1. The summed E-state index contributed by atoms with van der Waals surface area (Å²) in [6.07, 6.45) is 5.95. The fraction of sp³-hybridized carbons (Fsp3) is 0.429. The zero-order chi connectivity index (χ0) is 23.8. The topological polar surface area (TPSA) is 67.4 Å². The molecule has 1 saturated heterocycles. The van der Waals surface area contributed by atoms with Crippen LogP contribution in [0.1, 0.15) is 48.6 Å². The summed E-state index contributed by atoms with van der Waals surface area (Å²) < 4.78 is 8.24. The molecule has 6 rings (SSSR count). The predicted octanol–water partition coefficient (Wildman–Crippen LogP) is 5.29. The highest BCUT2D eigenvalue weighted by Crippen LogP contribution is 2.37. The number of rotatable bonds is 6. The summed E-state index contributed by atoms with van der Waals surface area (Å²) in [4.78, 5) is 17.2. The molecule has 0 unspecified atom stereocenters. The van der Waals surface area contributed by atoms with Crippen LogP contribution in [0.25, 0.3) is 21.0 Å². The van der Waals surface area contributed by atoms with Crippen LogP contribution in [0.15, 0.2) is 54.6 Å². The molecule has 1 amide bonds. The molecule has 2 N–H and O–H groups in total. The predicted molar refractivity (Wildman–Crippen MR) is 144 cm³/mol. The third-order valence-electron chi connectivity index (χ3n) is 8.07. The van der Waals surface area contributed by atoms with Crippen molar-refractivity contribution in [2.75, 3.05) is 37.6 Å². The van der Waals surface area contributed by atoms with Gasteiger partial charge >= 0.3 is 0 Å². The second-order valence-electron chi connectivity index (χ2n) is 10.1. The van der Waals surface area contributed by atoms with Gasteiger partial charge in [-0.25, -0.2) is 0 Å². The smallest absolute Gasteiger partial charge is 0.265 e. The Hall–Kier alpha value is -2.90. The summed E-state index contributed by atoms with van der Waals surface area (Å²) in [5.74, 6) is 1.61. The van der Waals surface area contributed by atoms with E-state index in [4.69, 9.17) is 10.1 Å². The first kappa shape index (κ1) is 22.6. The Bertz CT molecular complexity index is 1330. The summed E-state index contributed by atoms with van der Waals surface area (Å²) in [7, 11) is 0. The quantitative estimate of drug-likeness (QED) is 0.401. The number of fused-ring (bicyclic) bond motifs is 2. The van der Waals surface area contributed by atoms with Gasteiger partial charge in [0.15, 0.2) is 0 Å². The maximum absolute atomic E-state index is 12.1. The number of nitrogens with zero attached hydrogens (tertiary/aromatic N) is 4. The molecule has 182 valence electrons. The largest absolute Gasteiger partial charge is 0.364 e. The van der Waals surface area contributed by atoms with Crippen LogP contribution in [0.2, 0.25) is 0 Å². The van der Waals surface area contributed by atoms with Gasteiger partial charge in [-0.15, -0.1) is 0 Å². The molecule has 4 aromatic rings. The monoisotopic (exact) mass is 487 g/mol. The molecule has 1 saturated carbocycles. The van der Waals surface area contributed by atoms with Crippen molar-refractivity contribution in [3.8, 4) is 0 Å². The van der Waals surface area contributed by atoms with Crippen molar-refractivity contribution in [3.63, 3.8) is 0 Å². The van der Waals surface area contributed by atoms with Gasteiger partial charge in [0.2, 0.25) is 0 Å². The van der Waals surface area contributed by atoms with Crippen molar-refractivity contribution in [1.82, 2.24) is 13.8 Å². The first-order valence-electron chi connectivity index (χ1n) is 12.9. The first-order chi connectivity index (χ1) is 17.2. The van der Waals surface area contributed by atoms with Crippen LogP contribution < -0.4 is 10.6 Å². The molecule has 2 aromatic carbocycles. The zero-order valence-corrected chi connectivity index (χ0v) is 20.9. The molecule has 2 fully saturated rings. The molecule has 0 radical (unpaired) electrons. The first-order valence-corrected chi connectivity index (χ1v) is 13.7. The Morgan fingerprint density at radius 1 is 0.971 bits per heavy atom. The van der Waals surface area contributed by atoms with Crippen LogP contribution in [0.4, 0.5) is 5.82 Å². The zero-order valence-electron chi connectivity index (χ0n) is 20.1. The van der Waals surface area contributed by atoms with Crippen molar-refractivity contribution >= 4 is 44.2 Å². The van der Waals surface area contributed by atoms with Crippen LogP contribution in [0.5, 0.6) is 0 Å². The van der Waals surface area contributed by atoms with E-state index in [9.17, 15) is 4.79 Å². The van der Waals surface area contributed by atoms with Crippen molar-refractivity contribution in [1.29, 1.82) is 0 Å². The average molecular weight is 488 g/mol. The molecule has 2 aliphatic rings. The number of piperazine rings is 1. The maximum Gasteiger partial charge on any atom is 0.265 e. The Labute approximate surface area is 210 Å². The van der Waals surface area contributed by atoms with E-state index in [0.717, 1.165) is 61.7 Å². The summed E-state index contributed by atoms with van der Waals surface area (Å²) in [6.45, 7) is 5.51. The van der Waals surface area contributed by atoms with Crippen LogP contribution in [0.3, 0.4) is 0 Å². The van der Waals surface area contributed by atoms with Gasteiger partial charge in [0.1, 0.15) is 11.5 Å². The molecule has 35 heavy (non-hydrogen) atoms. The molecular weight excluding hydrogens is 454 g/mol. The average Bonchev–Trinajstić information content (AvgIpc) is 3.50. The van der Waals surface area contributed by atoms with E-state index in [2.05, 4.69) is 50.8 Å². The minimum atomic E-state index is -0.326. The number of carbonyl (C=O) groups excluding carboxylic acids is 1. The molecule has 6 nitrogen and oxygen atoms in total. The van der Waals surface area contributed by atoms with Gasteiger partial charge in [0.05, 0.1) is 4.70 Å². The summed E-state index contributed by atoms with van der Waals surface area (Å²) in [5.41, 5.74) is 7.53. The normalized spacial score (nSPS) is 21.7. The number of amides is 1. The minimum absolute atomic E-state index is 0.326. The lowest BCUT2D eigenvalue weighted by Gasteiger charge is -2.36. The third-order valence-corrected chi connectivity index (χ3v) is 8.88. The summed E-state index contributed by atoms with van der Waals surface area (Å²) >= 11 is 1.61. The number of benzene rings is 2. The van der Waals surface area contributed by atoms with Gasteiger partial charge in [-0.2, -0.15) is 4.37 Å². The van der Waals surface area contributed by atoms with Crippen molar-refractivity contribution in [2.24, 2.45) is 11.7 Å². The van der Waals surface area contributed by atoms with Crippen molar-refractivity contribution in [2.45, 2.75) is 38.1 Å². The second kappa shape index (κ2) is 9.63. The van der Waals surface area contributed by atoms with Crippen LogP contribution in [-0.4, -0.2) is 52.5 Å². The van der Waals surface area contributed by atoms with Gasteiger partial charge in [-0.05, 0) is 80.4 Å². The molecule has 2 aromatic heterocycles. The molecule has 0 atom stereocenters. The number of anilines is 1. The SMILES string of the molecule is NC(=O)c1cc2ccccc2n1C1CCC(CCN2CCN(c3nsc4ccccc34)CC2)CC1. The van der Waals surface area contributed by atoms with E-state index in [1.165, 1.54) is 35.9 Å². The van der Waals surface area contributed by atoms with Crippen molar-refractivity contribution < 1.29 is 4.79 Å². The van der Waals surface area contributed by atoms with Gasteiger partial charge < -0.3 is 15.2 Å². The number of primary amides is 1. The molecule has 0 spiro atoms. The Balaban J connectivity index is 1.02. The number of nitrogens with two attached hydrogens (primary N) is 1. The molecular formula is C28H33N5OS. The third kappa shape index (κ3) is 4.43. The Morgan fingerprint density at radius 3 is 2.51 bits per heavy atom. The van der Waals surface area contributed by atoms with Crippen LogP contribution >= 0.6 is 11.5 Å². The number of aromatic nitrogens is 2. The highest BCUT2D eigenvalue weighted by Gasteiger charge is 2.27.